The SMILES string of the molecule is [2H]c1c([2H])c([2H])c([Si](c2c([2H])c([2H])c([2H])c([2H])c2[2H])(c2c([2H])c([2H])c([2H])c([2H])c2[2H])c2c([2H])c([2H])c(-n3c4c([2H])c([2H])c([2H])c([2H])c4c4c([2H])c([2H])c([2H])c([2H])c43)c(-c3cc(-n4c5c([2H])c([2H])c([2H])c([2H])c5c5c([2H])c([2H])c([Si](c6ccccc6)(c6ccccc6)c6ccccc6)c([2H])c54)nc(-n4c5c([2H])c([2H])c([2H])c([2H])c5c5c([2H])c([2H])c([2H])c([2H])c54)n3)c2[2H])c([2H])c1[2H]. The van der Waals surface area contributed by atoms with Gasteiger partial charge in [-0.3, -0.25) is 9.13 Å². The zero-order valence-corrected chi connectivity index (χ0v) is 47.5. The summed E-state index contributed by atoms with van der Waals surface area (Å²) in [7, 11) is -11.6. The summed E-state index contributed by atoms with van der Waals surface area (Å²) in [4.78, 5) is 10.2. The van der Waals surface area contributed by atoms with Gasteiger partial charge in [-0.15, -0.1) is 0 Å². The third-order valence-electron chi connectivity index (χ3n) is 15.6. The number of para-hydroxylation sites is 5. The standard InChI is InChI=1S/C82H57N5Si2/c1-7-29-58(30-8-1)88(59-31-9-2-10-32-59,60-33-11-3-12-34-60)64-52-54-79(85-74-46-24-19-41-66(74)67-42-20-25-47-75(67)85)72(55-64)73-57-81(84-82(83-73)87-77-49-27-22-43-68(77)69-44-23-28-50-78(69)87)86-76-48-26-21-45-70(76)71-53-51-65(56-80(71)86)89(61-35-13-4-14-36-61,62-37-15-5-16-38-62)63-39-17-6-18-40-63/h1-57H/i1D,2D,3D,7D,8D,9D,10D,11D,12D,19D,20D,21D,22D,23D,24D,25D,26D,27D,28D,29D,30D,31D,32D,33D,34D,41D,42D,43D,44D,45D,46D,47D,48D,49D,50D,51D,52D,53D,54D,55D,56D. The van der Waals surface area contributed by atoms with Gasteiger partial charge < -0.3 is 4.57 Å². The lowest BCUT2D eigenvalue weighted by Gasteiger charge is -2.35. The molecule has 0 amide bonds. The van der Waals surface area contributed by atoms with Crippen LogP contribution in [0.2, 0.25) is 0 Å². The van der Waals surface area contributed by atoms with Gasteiger partial charge in [0.1, 0.15) is 5.82 Å². The molecule has 17 aromatic rings. The Kier molecular flexibility index (Phi) is 6.05. The van der Waals surface area contributed by atoms with Crippen LogP contribution in [0, 0.1) is 0 Å². The molecule has 17 rings (SSSR count). The molecule has 418 valence electrons. The molecule has 0 radical (unpaired) electrons. The first-order valence-electron chi connectivity index (χ1n) is 47.7. The highest BCUT2D eigenvalue weighted by Crippen LogP contribution is 2.39. The van der Waals surface area contributed by atoms with Crippen LogP contribution in [0.25, 0.3) is 94.1 Å². The van der Waals surface area contributed by atoms with Crippen molar-refractivity contribution in [2.45, 2.75) is 0 Å². The molecule has 4 heterocycles. The van der Waals surface area contributed by atoms with Gasteiger partial charge >= 0.3 is 0 Å². The quantitative estimate of drug-likeness (QED) is 0.0903. The van der Waals surface area contributed by atoms with Crippen LogP contribution >= 0.6 is 0 Å². The van der Waals surface area contributed by atoms with E-state index < -0.39 is 379 Å². The lowest BCUT2D eigenvalue weighted by molar-refractivity contribution is 0.951. The fourth-order valence-electron chi connectivity index (χ4n) is 12.0. The van der Waals surface area contributed by atoms with Crippen LogP contribution in [0.4, 0.5) is 0 Å². The molecule has 0 N–H and O–H groups in total. The molecule has 4 aromatic heterocycles. The summed E-state index contributed by atoms with van der Waals surface area (Å²) in [6.45, 7) is 0. The largest absolute Gasteiger partial charge is 0.309 e. The van der Waals surface area contributed by atoms with Gasteiger partial charge in [0.25, 0.3) is 0 Å². The molecule has 7 heteroatoms. The maximum atomic E-state index is 11.8. The van der Waals surface area contributed by atoms with E-state index in [-0.39, 0.29) is 5.19 Å². The number of hydrogen-bond donors (Lipinski definition) is 0. The zero-order chi connectivity index (χ0) is 94.6. The van der Waals surface area contributed by atoms with E-state index in [4.69, 9.17) is 19.6 Å². The van der Waals surface area contributed by atoms with Crippen LogP contribution in [-0.4, -0.2) is 39.8 Å². The molecule has 0 saturated carbocycles. The Balaban J connectivity index is 1.25. The van der Waals surface area contributed by atoms with Gasteiger partial charge in [-0.05, 0) is 83.8 Å². The minimum Gasteiger partial charge on any atom is -0.309 e. The Morgan fingerprint density at radius 3 is 1.06 bits per heavy atom. The Bertz CT molecular complexity index is 7560. The number of fused-ring (bicyclic) bond motifs is 9. The van der Waals surface area contributed by atoms with Crippen molar-refractivity contribution in [1.82, 2.24) is 23.7 Å². The van der Waals surface area contributed by atoms with E-state index in [1.165, 1.54) is 0 Å². The Labute approximate surface area is 575 Å². The van der Waals surface area contributed by atoms with E-state index in [0.717, 1.165) is 10.6 Å². The van der Waals surface area contributed by atoms with Crippen molar-refractivity contribution in [3.05, 3.63) is 345 Å². The second-order valence-corrected chi connectivity index (χ2v) is 27.3. The van der Waals surface area contributed by atoms with Gasteiger partial charge in [0.05, 0.1) is 101 Å². The maximum Gasteiger partial charge on any atom is 0.237 e. The average Bonchev–Trinajstić information content (AvgIpc) is 0.824. The van der Waals surface area contributed by atoms with Gasteiger partial charge in [0, 0.05) is 43.9 Å². The summed E-state index contributed by atoms with van der Waals surface area (Å²) in [5.74, 6) is -2.20. The zero-order valence-electron chi connectivity index (χ0n) is 86.5. The first-order valence-corrected chi connectivity index (χ1v) is 31.2. The highest BCUT2D eigenvalue weighted by Gasteiger charge is 2.43. The molecule has 0 unspecified atom stereocenters. The maximum absolute atomic E-state index is 11.8. The smallest absolute Gasteiger partial charge is 0.237 e. The van der Waals surface area contributed by atoms with Gasteiger partial charge in [-0.25, -0.2) is 4.98 Å². The summed E-state index contributed by atoms with van der Waals surface area (Å²) < 4.78 is 405. The summed E-state index contributed by atoms with van der Waals surface area (Å²) in [6, 6.07) is -23.3. The number of nitrogens with zero attached hydrogens (tertiary/aromatic N) is 5. The second kappa shape index (κ2) is 21.3. The van der Waals surface area contributed by atoms with Gasteiger partial charge in [0.2, 0.25) is 5.95 Å². The minimum absolute atomic E-state index is 0.239. The molecular formula is C82H57N5Si2. The molecule has 89 heavy (non-hydrogen) atoms. The molecule has 0 saturated heterocycles. The van der Waals surface area contributed by atoms with Crippen molar-refractivity contribution in [2.75, 3.05) is 0 Å². The minimum atomic E-state index is -7.09. The fraction of sp³-hybridized carbons (Fsp3) is 0. The number of benzene rings is 13. The molecule has 0 aliphatic carbocycles. The summed E-state index contributed by atoms with van der Waals surface area (Å²) >= 11 is 0. The molecule has 0 aliphatic rings. The van der Waals surface area contributed by atoms with E-state index in [9.17, 15) is 46.6 Å². The molecule has 0 spiro atoms. The molecule has 0 fully saturated rings. The molecular weight excluding hydrogens is 1110 g/mol. The fourth-order valence-corrected chi connectivity index (χ4v) is 20.0. The Morgan fingerprint density at radius 1 is 0.270 bits per heavy atom. The first kappa shape index (κ1) is 25.2. The number of rotatable bonds is 12. The average molecular weight is 1210 g/mol. The molecule has 0 aliphatic heterocycles. The van der Waals surface area contributed by atoms with Crippen LogP contribution in [0.5, 0.6) is 0 Å². The molecule has 0 bridgehead atoms. The van der Waals surface area contributed by atoms with Gasteiger partial charge in [-0.1, -0.05) is 296 Å². The molecule has 13 aromatic carbocycles. The van der Waals surface area contributed by atoms with Crippen LogP contribution < -0.4 is 41.5 Å². The highest BCUT2D eigenvalue weighted by atomic mass is 28.3. The lowest BCUT2D eigenvalue weighted by atomic mass is 10.1. The van der Waals surface area contributed by atoms with Crippen LogP contribution in [0.15, 0.2) is 345 Å². The van der Waals surface area contributed by atoms with E-state index in [1.54, 1.807) is 91.0 Å². The topological polar surface area (TPSA) is 40.6 Å². The van der Waals surface area contributed by atoms with E-state index >= 15 is 0 Å². The van der Waals surface area contributed by atoms with Crippen molar-refractivity contribution >= 4 is 123 Å². The van der Waals surface area contributed by atoms with Crippen molar-refractivity contribution in [3.8, 4) is 28.7 Å². The van der Waals surface area contributed by atoms with Crippen molar-refractivity contribution < 1.29 is 56.2 Å². The number of hydrogen-bond acceptors (Lipinski definition) is 2. The van der Waals surface area contributed by atoms with Gasteiger partial charge in [0.15, 0.2) is 16.1 Å². The van der Waals surface area contributed by atoms with Crippen molar-refractivity contribution in [3.63, 3.8) is 0 Å². The van der Waals surface area contributed by atoms with Crippen molar-refractivity contribution in [1.29, 1.82) is 0 Å². The summed E-state index contributed by atoms with van der Waals surface area (Å²) in [6.07, 6.45) is 0. The van der Waals surface area contributed by atoms with Crippen molar-refractivity contribution in [2.24, 2.45) is 0 Å². The van der Waals surface area contributed by atoms with Crippen LogP contribution in [-0.2, 0) is 0 Å². The van der Waals surface area contributed by atoms with Crippen LogP contribution in [0.3, 0.4) is 0 Å². The first-order chi connectivity index (χ1) is 61.2. The predicted octanol–water partition coefficient (Wildman–Crippen LogP) is 14.2. The summed E-state index contributed by atoms with van der Waals surface area (Å²) in [5.41, 5.74) is -8.91. The van der Waals surface area contributed by atoms with E-state index in [2.05, 4.69) is 0 Å². The normalized spacial score (nSPS) is 18.5. The third kappa shape index (κ3) is 8.13. The Morgan fingerprint density at radius 2 is 0.618 bits per heavy atom. The van der Waals surface area contributed by atoms with Gasteiger partial charge in [-0.2, -0.15) is 4.98 Å². The Hall–Kier alpha value is -11.2. The predicted molar refractivity (Wildman–Crippen MR) is 378 cm³/mol. The third-order valence-corrected chi connectivity index (χ3v) is 24.2. The lowest BCUT2D eigenvalue weighted by Crippen LogP contribution is -2.74. The number of aromatic nitrogens is 5. The molecule has 5 nitrogen and oxygen atoms in total. The molecule has 0 atom stereocenters. The summed E-state index contributed by atoms with van der Waals surface area (Å²) in [5, 5.41) is -8.81. The van der Waals surface area contributed by atoms with E-state index in [0.29, 0.717) is 24.7 Å². The highest BCUT2D eigenvalue weighted by molar-refractivity contribution is 7.20. The second-order valence-electron chi connectivity index (χ2n) is 20.1. The van der Waals surface area contributed by atoms with Crippen LogP contribution in [0.1, 0.15) is 56.2 Å². The van der Waals surface area contributed by atoms with E-state index in [1.807, 2.05) is 0 Å². The monoisotopic (exact) mass is 1210 g/mol.